The lowest BCUT2D eigenvalue weighted by Gasteiger charge is -2.07. The molecule has 7 heteroatoms. The molecule has 0 aliphatic heterocycles. The second kappa shape index (κ2) is 7.26. The van der Waals surface area contributed by atoms with Gasteiger partial charge in [-0.2, -0.15) is 5.10 Å². The molecule has 0 spiro atoms. The Morgan fingerprint density at radius 2 is 2.00 bits per heavy atom. The topological polar surface area (TPSA) is 77.2 Å². The molecule has 0 aliphatic carbocycles. The molecule has 134 valence electrons. The highest BCUT2D eigenvalue weighted by molar-refractivity contribution is 5.95. The average Bonchev–Trinajstić information content (AvgIpc) is 2.96. The molecule has 2 heterocycles. The summed E-state index contributed by atoms with van der Waals surface area (Å²) in [5, 5.41) is 4.04. The smallest absolute Gasteiger partial charge is 0.290 e. The molecule has 0 saturated heterocycles. The van der Waals surface area contributed by atoms with E-state index in [1.165, 1.54) is 6.21 Å². The summed E-state index contributed by atoms with van der Waals surface area (Å²) in [5.41, 5.74) is 6.18. The standard InChI is InChI=1S/C19H20N4O3/c1-12-7-8-23-17(9-12)21-13(2)18(23)19(24)22-20-11-14-5-6-15(25-3)10-16(14)26-4/h5-11H,1-4H3,(H,22,24)/b20-11+. The van der Waals surface area contributed by atoms with Crippen LogP contribution in [0.5, 0.6) is 11.5 Å². The van der Waals surface area contributed by atoms with Crippen LogP contribution in [0.25, 0.3) is 5.65 Å². The van der Waals surface area contributed by atoms with Gasteiger partial charge >= 0.3 is 0 Å². The Morgan fingerprint density at radius 1 is 1.19 bits per heavy atom. The molecular formula is C19H20N4O3. The van der Waals surface area contributed by atoms with Gasteiger partial charge in [-0.05, 0) is 43.7 Å². The van der Waals surface area contributed by atoms with Gasteiger partial charge in [-0.15, -0.1) is 0 Å². The largest absolute Gasteiger partial charge is 0.497 e. The van der Waals surface area contributed by atoms with Gasteiger partial charge in [0.25, 0.3) is 5.91 Å². The summed E-state index contributed by atoms with van der Waals surface area (Å²) < 4.78 is 12.2. The molecule has 1 aromatic carbocycles. The number of hydrogen-bond donors (Lipinski definition) is 1. The molecule has 3 aromatic rings. The predicted octanol–water partition coefficient (Wildman–Crippen LogP) is 2.73. The zero-order valence-electron chi connectivity index (χ0n) is 15.1. The van der Waals surface area contributed by atoms with Gasteiger partial charge in [-0.25, -0.2) is 10.4 Å². The third kappa shape index (κ3) is 3.37. The first-order valence-electron chi connectivity index (χ1n) is 8.04. The van der Waals surface area contributed by atoms with Crippen LogP contribution in [0.1, 0.15) is 27.3 Å². The number of rotatable bonds is 5. The first-order chi connectivity index (χ1) is 12.5. The van der Waals surface area contributed by atoms with Crippen molar-refractivity contribution >= 4 is 17.8 Å². The Balaban J connectivity index is 1.81. The molecule has 0 bridgehead atoms. The molecular weight excluding hydrogens is 332 g/mol. The van der Waals surface area contributed by atoms with E-state index in [0.717, 1.165) is 16.8 Å². The first-order valence-corrected chi connectivity index (χ1v) is 8.04. The molecule has 0 radical (unpaired) electrons. The summed E-state index contributed by atoms with van der Waals surface area (Å²) in [6, 6.07) is 9.20. The van der Waals surface area contributed by atoms with Crippen LogP contribution in [0.2, 0.25) is 0 Å². The minimum atomic E-state index is -0.331. The fourth-order valence-electron chi connectivity index (χ4n) is 2.68. The van der Waals surface area contributed by atoms with Crippen molar-refractivity contribution < 1.29 is 14.3 Å². The number of amides is 1. The van der Waals surface area contributed by atoms with Crippen molar-refractivity contribution in [3.63, 3.8) is 0 Å². The number of fused-ring (bicyclic) bond motifs is 1. The Bertz CT molecular complexity index is 992. The highest BCUT2D eigenvalue weighted by Crippen LogP contribution is 2.23. The third-order valence-electron chi connectivity index (χ3n) is 3.98. The second-order valence-electron chi connectivity index (χ2n) is 5.79. The van der Waals surface area contributed by atoms with Gasteiger partial charge in [0, 0.05) is 17.8 Å². The minimum Gasteiger partial charge on any atom is -0.497 e. The Hall–Kier alpha value is -3.35. The summed E-state index contributed by atoms with van der Waals surface area (Å²) in [4.78, 5) is 17.0. The van der Waals surface area contributed by atoms with Crippen molar-refractivity contribution in [3.05, 3.63) is 59.0 Å². The van der Waals surface area contributed by atoms with Crippen LogP contribution < -0.4 is 14.9 Å². The fourth-order valence-corrected chi connectivity index (χ4v) is 2.68. The number of aryl methyl sites for hydroxylation is 2. The van der Waals surface area contributed by atoms with E-state index >= 15 is 0 Å². The van der Waals surface area contributed by atoms with E-state index < -0.39 is 0 Å². The van der Waals surface area contributed by atoms with E-state index in [2.05, 4.69) is 15.5 Å². The third-order valence-corrected chi connectivity index (χ3v) is 3.98. The summed E-state index contributed by atoms with van der Waals surface area (Å²) >= 11 is 0. The maximum absolute atomic E-state index is 12.5. The Kier molecular flexibility index (Phi) is 4.88. The molecule has 3 rings (SSSR count). The van der Waals surface area contributed by atoms with Crippen LogP contribution in [0.3, 0.4) is 0 Å². The number of imidazole rings is 1. The summed E-state index contributed by atoms with van der Waals surface area (Å²) in [6.45, 7) is 3.78. The van der Waals surface area contributed by atoms with Crippen molar-refractivity contribution in [1.29, 1.82) is 0 Å². The first kappa shape index (κ1) is 17.5. The number of carbonyl (C=O) groups excluding carboxylic acids is 1. The van der Waals surface area contributed by atoms with Crippen LogP contribution in [0.15, 0.2) is 41.6 Å². The molecule has 0 fully saturated rings. The van der Waals surface area contributed by atoms with Crippen LogP contribution in [-0.4, -0.2) is 35.7 Å². The van der Waals surface area contributed by atoms with E-state index in [4.69, 9.17) is 9.47 Å². The minimum absolute atomic E-state index is 0.331. The van der Waals surface area contributed by atoms with Gasteiger partial charge in [-0.3, -0.25) is 9.20 Å². The van der Waals surface area contributed by atoms with Crippen molar-refractivity contribution in [2.24, 2.45) is 5.10 Å². The Morgan fingerprint density at radius 3 is 2.73 bits per heavy atom. The van der Waals surface area contributed by atoms with Crippen LogP contribution in [-0.2, 0) is 0 Å². The van der Waals surface area contributed by atoms with E-state index in [9.17, 15) is 4.79 Å². The normalized spacial score (nSPS) is 11.1. The molecule has 26 heavy (non-hydrogen) atoms. The number of hydrogen-bond acceptors (Lipinski definition) is 5. The maximum atomic E-state index is 12.5. The van der Waals surface area contributed by atoms with Crippen molar-refractivity contribution in [1.82, 2.24) is 14.8 Å². The highest BCUT2D eigenvalue weighted by atomic mass is 16.5. The molecule has 1 amide bonds. The maximum Gasteiger partial charge on any atom is 0.290 e. The van der Waals surface area contributed by atoms with Gasteiger partial charge in [0.1, 0.15) is 22.8 Å². The van der Waals surface area contributed by atoms with Gasteiger partial charge < -0.3 is 9.47 Å². The van der Waals surface area contributed by atoms with Crippen molar-refractivity contribution in [2.45, 2.75) is 13.8 Å². The quantitative estimate of drug-likeness (QED) is 0.566. The van der Waals surface area contributed by atoms with E-state index in [1.807, 2.05) is 25.3 Å². The lowest BCUT2D eigenvalue weighted by Crippen LogP contribution is -2.20. The zero-order chi connectivity index (χ0) is 18.7. The number of pyridine rings is 1. The number of nitrogens with zero attached hydrogens (tertiary/aromatic N) is 3. The van der Waals surface area contributed by atoms with E-state index in [1.54, 1.807) is 43.7 Å². The molecule has 0 atom stereocenters. The average molecular weight is 352 g/mol. The molecule has 0 unspecified atom stereocenters. The lowest BCUT2D eigenvalue weighted by molar-refractivity contribution is 0.0948. The summed E-state index contributed by atoms with van der Waals surface area (Å²) in [6.07, 6.45) is 3.36. The zero-order valence-corrected chi connectivity index (χ0v) is 15.1. The SMILES string of the molecule is COc1ccc(/C=N/NC(=O)c2c(C)nc3cc(C)ccn23)c(OC)c1. The fraction of sp³-hybridized carbons (Fsp3) is 0.211. The van der Waals surface area contributed by atoms with Crippen LogP contribution >= 0.6 is 0 Å². The molecule has 1 N–H and O–H groups in total. The number of aromatic nitrogens is 2. The van der Waals surface area contributed by atoms with Gasteiger partial charge in [0.05, 0.1) is 26.1 Å². The van der Waals surface area contributed by atoms with E-state index in [-0.39, 0.29) is 5.91 Å². The van der Waals surface area contributed by atoms with Gasteiger partial charge in [0.15, 0.2) is 0 Å². The summed E-state index contributed by atoms with van der Waals surface area (Å²) in [5.74, 6) is 0.950. The predicted molar refractivity (Wildman–Crippen MR) is 99.3 cm³/mol. The summed E-state index contributed by atoms with van der Waals surface area (Å²) in [7, 11) is 3.15. The number of nitrogens with one attached hydrogen (secondary N) is 1. The number of benzene rings is 1. The number of carbonyl (C=O) groups is 1. The highest BCUT2D eigenvalue weighted by Gasteiger charge is 2.16. The van der Waals surface area contributed by atoms with Gasteiger partial charge in [-0.1, -0.05) is 0 Å². The molecule has 7 nitrogen and oxygen atoms in total. The number of ether oxygens (including phenoxy) is 2. The lowest BCUT2D eigenvalue weighted by atomic mass is 10.2. The second-order valence-corrected chi connectivity index (χ2v) is 5.79. The van der Waals surface area contributed by atoms with Gasteiger partial charge in [0.2, 0.25) is 0 Å². The monoisotopic (exact) mass is 352 g/mol. The van der Waals surface area contributed by atoms with Crippen LogP contribution in [0, 0.1) is 13.8 Å². The number of methoxy groups -OCH3 is 2. The van der Waals surface area contributed by atoms with Crippen molar-refractivity contribution in [3.8, 4) is 11.5 Å². The molecule has 0 aliphatic rings. The number of hydrazone groups is 1. The van der Waals surface area contributed by atoms with E-state index in [0.29, 0.717) is 22.9 Å². The molecule has 2 aromatic heterocycles. The Labute approximate surface area is 151 Å². The van der Waals surface area contributed by atoms with Crippen molar-refractivity contribution in [2.75, 3.05) is 14.2 Å². The van der Waals surface area contributed by atoms with Crippen LogP contribution in [0.4, 0.5) is 0 Å². The molecule has 0 saturated carbocycles.